The Labute approximate surface area is 185 Å². The average Bonchev–Trinajstić information content (AvgIpc) is 3.39. The van der Waals surface area contributed by atoms with Gasteiger partial charge in [-0.15, -0.1) is 0 Å². The largest absolute Gasteiger partial charge is 0.453 e. The number of hydrogen-bond donors (Lipinski definition) is 0. The van der Waals surface area contributed by atoms with Crippen molar-refractivity contribution in [1.82, 2.24) is 24.4 Å². The quantitative estimate of drug-likeness (QED) is 0.449. The van der Waals surface area contributed by atoms with E-state index in [1.54, 1.807) is 12.3 Å². The molecule has 0 N–H and O–H groups in total. The van der Waals surface area contributed by atoms with E-state index >= 15 is 0 Å². The highest BCUT2D eigenvalue weighted by molar-refractivity contribution is 5.73. The van der Waals surface area contributed by atoms with Gasteiger partial charge in [0.1, 0.15) is 5.65 Å². The van der Waals surface area contributed by atoms with Crippen molar-refractivity contribution in [2.24, 2.45) is 0 Å². The van der Waals surface area contributed by atoms with Gasteiger partial charge in [-0.2, -0.15) is 18.2 Å². The maximum Gasteiger partial charge on any atom is 0.417 e. The molecule has 8 nitrogen and oxygen atoms in total. The number of amides is 1. The molecule has 3 aromatic heterocycles. The zero-order chi connectivity index (χ0) is 23.3. The van der Waals surface area contributed by atoms with Gasteiger partial charge in [0, 0.05) is 30.4 Å². The molecule has 0 radical (unpaired) electrons. The number of hydrogen-bond acceptors (Lipinski definition) is 6. The average molecular weight is 457 g/mol. The maximum atomic E-state index is 13.2. The summed E-state index contributed by atoms with van der Waals surface area (Å²) in [7, 11) is 1.32. The Kier molecular flexibility index (Phi) is 4.84. The van der Waals surface area contributed by atoms with Crippen LogP contribution in [0, 0.1) is 6.92 Å². The molecule has 1 saturated heterocycles. The van der Waals surface area contributed by atoms with Gasteiger partial charge in [0.25, 0.3) is 0 Å². The third-order valence-corrected chi connectivity index (χ3v) is 5.71. The fourth-order valence-electron chi connectivity index (χ4n) is 3.82. The van der Waals surface area contributed by atoms with Crippen LogP contribution in [0.2, 0.25) is 0 Å². The first-order chi connectivity index (χ1) is 15.7. The zero-order valence-corrected chi connectivity index (χ0v) is 17.6. The number of benzene rings is 1. The number of halogens is 3. The van der Waals surface area contributed by atoms with Crippen molar-refractivity contribution in [3.63, 3.8) is 0 Å². The second-order valence-electron chi connectivity index (χ2n) is 7.85. The van der Waals surface area contributed by atoms with Crippen molar-refractivity contribution in [2.45, 2.75) is 19.0 Å². The number of rotatable bonds is 3. The fraction of sp³-hybridized carbons (Fsp3) is 0.273. The molecule has 1 aliphatic heterocycles. The Morgan fingerprint density at radius 2 is 2.00 bits per heavy atom. The van der Waals surface area contributed by atoms with E-state index in [0.29, 0.717) is 47.3 Å². The highest BCUT2D eigenvalue weighted by Gasteiger charge is 2.36. The van der Waals surface area contributed by atoms with Crippen molar-refractivity contribution >= 4 is 11.7 Å². The van der Waals surface area contributed by atoms with Crippen LogP contribution in [0.5, 0.6) is 0 Å². The molecular weight excluding hydrogens is 439 g/mol. The van der Waals surface area contributed by atoms with Gasteiger partial charge in [0.15, 0.2) is 0 Å². The van der Waals surface area contributed by atoms with Crippen LogP contribution in [0.3, 0.4) is 0 Å². The predicted molar refractivity (Wildman–Crippen MR) is 110 cm³/mol. The van der Waals surface area contributed by atoms with Crippen LogP contribution >= 0.6 is 0 Å². The molecule has 11 heteroatoms. The molecule has 0 aliphatic carbocycles. The summed E-state index contributed by atoms with van der Waals surface area (Å²) in [4.78, 5) is 21.7. The van der Waals surface area contributed by atoms with Gasteiger partial charge in [-0.1, -0.05) is 17.3 Å². The lowest BCUT2D eigenvalue weighted by Gasteiger charge is -2.35. The van der Waals surface area contributed by atoms with E-state index < -0.39 is 17.8 Å². The summed E-state index contributed by atoms with van der Waals surface area (Å²) in [5.74, 6) is 0.694. The van der Waals surface area contributed by atoms with Gasteiger partial charge in [-0.05, 0) is 30.7 Å². The Balaban J connectivity index is 1.47. The highest BCUT2D eigenvalue weighted by atomic mass is 19.4. The normalized spacial score (nSPS) is 14.5. The number of alkyl halides is 3. The van der Waals surface area contributed by atoms with Crippen molar-refractivity contribution < 1.29 is 27.2 Å². The molecule has 1 aliphatic rings. The molecule has 1 aromatic carbocycles. The van der Waals surface area contributed by atoms with Crippen LogP contribution in [0.1, 0.15) is 22.9 Å². The maximum absolute atomic E-state index is 13.2. The Morgan fingerprint density at radius 3 is 2.73 bits per heavy atom. The summed E-state index contributed by atoms with van der Waals surface area (Å²) in [6, 6.07) is 7.82. The second-order valence-corrected chi connectivity index (χ2v) is 7.85. The van der Waals surface area contributed by atoms with Crippen molar-refractivity contribution in [3.05, 3.63) is 59.7 Å². The van der Waals surface area contributed by atoms with E-state index in [4.69, 9.17) is 4.52 Å². The molecule has 33 heavy (non-hydrogen) atoms. The first-order valence-corrected chi connectivity index (χ1v) is 10.1. The van der Waals surface area contributed by atoms with Gasteiger partial charge in [0.2, 0.25) is 11.7 Å². The smallest absolute Gasteiger partial charge is 0.417 e. The number of ether oxygens (including phenoxy) is 1. The van der Waals surface area contributed by atoms with Gasteiger partial charge in [-0.3, -0.25) is 4.40 Å². The Bertz CT molecular complexity index is 1360. The number of fused-ring (bicyclic) bond motifs is 1. The van der Waals surface area contributed by atoms with Crippen molar-refractivity contribution in [3.8, 4) is 22.6 Å². The zero-order valence-electron chi connectivity index (χ0n) is 17.6. The van der Waals surface area contributed by atoms with Crippen LogP contribution in [0.25, 0.3) is 28.3 Å². The van der Waals surface area contributed by atoms with Crippen molar-refractivity contribution in [1.29, 1.82) is 0 Å². The third kappa shape index (κ3) is 3.69. The van der Waals surface area contributed by atoms with Gasteiger partial charge in [-0.25, -0.2) is 9.78 Å². The van der Waals surface area contributed by atoms with E-state index in [-0.39, 0.29) is 5.92 Å². The molecule has 1 fully saturated rings. The summed E-state index contributed by atoms with van der Waals surface area (Å²) >= 11 is 0. The molecular formula is C22H18F3N5O3. The summed E-state index contributed by atoms with van der Waals surface area (Å²) < 4.78 is 51.2. The SMILES string of the molecule is COC(=O)N1CC(c2nc(-c3ccc(C)c(-c4cnc5ccc(C(F)(F)F)cn45)c3)no2)C1. The Hall–Kier alpha value is -3.89. The minimum atomic E-state index is -4.46. The summed E-state index contributed by atoms with van der Waals surface area (Å²) in [6.45, 7) is 2.72. The summed E-state index contributed by atoms with van der Waals surface area (Å²) in [5, 5.41) is 4.05. The first-order valence-electron chi connectivity index (χ1n) is 10.1. The molecule has 170 valence electrons. The number of nitrogens with zero attached hydrogens (tertiary/aromatic N) is 5. The van der Waals surface area contributed by atoms with Crippen LogP contribution < -0.4 is 0 Å². The Morgan fingerprint density at radius 1 is 1.21 bits per heavy atom. The first kappa shape index (κ1) is 21.0. The second kappa shape index (κ2) is 7.61. The number of methoxy groups -OCH3 is 1. The molecule has 0 atom stereocenters. The van der Waals surface area contributed by atoms with Gasteiger partial charge < -0.3 is 14.2 Å². The lowest BCUT2D eigenvalue weighted by molar-refractivity contribution is -0.137. The van der Waals surface area contributed by atoms with E-state index in [1.807, 2.05) is 19.1 Å². The van der Waals surface area contributed by atoms with E-state index in [9.17, 15) is 18.0 Å². The molecule has 0 saturated carbocycles. The van der Waals surface area contributed by atoms with Crippen LogP contribution in [0.15, 0.2) is 47.2 Å². The lowest BCUT2D eigenvalue weighted by atomic mass is 10.0. The number of carbonyl (C=O) groups excluding carboxylic acids is 1. The van der Waals surface area contributed by atoms with Crippen molar-refractivity contribution in [2.75, 3.05) is 20.2 Å². The number of pyridine rings is 1. The number of aromatic nitrogens is 4. The third-order valence-electron chi connectivity index (χ3n) is 5.71. The summed E-state index contributed by atoms with van der Waals surface area (Å²) in [5.41, 5.74) is 2.38. The monoisotopic (exact) mass is 457 g/mol. The minimum absolute atomic E-state index is 0.0742. The van der Waals surface area contributed by atoms with Crippen LogP contribution in [-0.4, -0.2) is 50.7 Å². The molecule has 0 spiro atoms. The molecule has 1 amide bonds. The van der Waals surface area contributed by atoms with E-state index in [2.05, 4.69) is 19.9 Å². The minimum Gasteiger partial charge on any atom is -0.453 e. The molecule has 4 heterocycles. The van der Waals surface area contributed by atoms with Crippen LogP contribution in [-0.2, 0) is 10.9 Å². The molecule has 0 unspecified atom stereocenters. The fourth-order valence-corrected chi connectivity index (χ4v) is 3.82. The number of imidazole rings is 1. The van der Waals surface area contributed by atoms with Crippen LogP contribution in [0.4, 0.5) is 18.0 Å². The molecule has 5 rings (SSSR count). The molecule has 4 aromatic rings. The van der Waals surface area contributed by atoms with Gasteiger partial charge >= 0.3 is 12.3 Å². The number of aryl methyl sites for hydroxylation is 1. The molecule has 0 bridgehead atoms. The van der Waals surface area contributed by atoms with E-state index in [0.717, 1.165) is 17.8 Å². The summed E-state index contributed by atoms with van der Waals surface area (Å²) in [6.07, 6.45) is -2.28. The number of likely N-dealkylation sites (tertiary alicyclic amines) is 1. The van der Waals surface area contributed by atoms with E-state index in [1.165, 1.54) is 22.5 Å². The predicted octanol–water partition coefficient (Wildman–Crippen LogP) is 4.54. The van der Waals surface area contributed by atoms with Gasteiger partial charge in [0.05, 0.1) is 30.5 Å². The number of carbonyl (C=O) groups is 1. The standard InChI is InChI=1S/C22H18F3N5O3/c1-12-3-4-13(19-27-20(33-28-19)14-9-29(10-14)21(31)32-2)7-16(12)17-8-26-18-6-5-15(11-30(17)18)22(23,24)25/h3-8,11,14H,9-10H2,1-2H3. The highest BCUT2D eigenvalue weighted by Crippen LogP contribution is 2.33. The lowest BCUT2D eigenvalue weighted by Crippen LogP contribution is -2.48. The topological polar surface area (TPSA) is 85.8 Å².